The van der Waals surface area contributed by atoms with Gasteiger partial charge in [0.15, 0.2) is 24.5 Å². The lowest BCUT2D eigenvalue weighted by Gasteiger charge is -2.55. The molecule has 0 aromatic heterocycles. The van der Waals surface area contributed by atoms with Crippen LogP contribution in [0.1, 0.15) is 124 Å². The van der Waals surface area contributed by atoms with E-state index in [1.54, 1.807) is 83.1 Å². The molecule has 2 rings (SSSR count). The Hall–Kier alpha value is -2.53. The van der Waals surface area contributed by atoms with Crippen LogP contribution in [0.25, 0.3) is 0 Å². The molecule has 11 nitrogen and oxygen atoms in total. The molecule has 0 aliphatic carbocycles. The topological polar surface area (TPSA) is 135 Å². The van der Waals surface area contributed by atoms with E-state index in [0.29, 0.717) is 0 Å². The van der Waals surface area contributed by atoms with Crippen molar-refractivity contribution in [3.05, 3.63) is 0 Å². The Morgan fingerprint density at radius 2 is 0.979 bits per heavy atom. The summed E-state index contributed by atoms with van der Waals surface area (Å²) in [6.07, 6.45) is -5.60. The minimum Gasteiger partial charge on any atom is -0.462 e. The van der Waals surface area contributed by atoms with Crippen LogP contribution in [0.5, 0.6) is 0 Å². The van der Waals surface area contributed by atoms with Gasteiger partial charge in [-0.2, -0.15) is 0 Å². The van der Waals surface area contributed by atoms with E-state index in [9.17, 15) is 24.0 Å². The van der Waals surface area contributed by atoms with Crippen molar-refractivity contribution in [3.63, 3.8) is 0 Å². The number of rotatable bonds is 8. The first-order chi connectivity index (χ1) is 21.6. The van der Waals surface area contributed by atoms with Crippen LogP contribution in [-0.2, 0) is 47.7 Å². The lowest BCUT2D eigenvalue weighted by Crippen LogP contribution is -2.71. The maximum atomic E-state index is 13.7. The predicted molar refractivity (Wildman–Crippen MR) is 180 cm³/mol. The standard InChI is InChI=1S/C37H63NO10/c1-20(2)23-17-22(39)18-24(21(3)4)38(23)29-28(48-33(43)37(14,15)16)27(47-32(42)36(11,12)13)26(46-31(41)35(8,9)10)25(45-29)19-44-30(40)34(5,6)7/h20-21,23-29H,17-19H2,1-16H3/t23-,24+,25-,26+,27+,28-,29-/m1/s1. The first kappa shape index (κ1) is 41.6. The van der Waals surface area contributed by atoms with Gasteiger partial charge in [0, 0.05) is 24.9 Å². The van der Waals surface area contributed by atoms with E-state index in [0.717, 1.165) is 0 Å². The summed E-state index contributed by atoms with van der Waals surface area (Å²) in [5, 5.41) is 0. The molecule has 0 aromatic carbocycles. The SMILES string of the molecule is CC(C)[C@H]1CC(=O)C[C@@H](C(C)C)N1[C@@H]1O[C@H](COC(=O)C(C)(C)C)[C@H](OC(=O)C(C)(C)C)[C@H](OC(=O)C(C)(C)C)[C@H]1OC(=O)C(C)(C)C. The van der Waals surface area contributed by atoms with E-state index in [2.05, 4.69) is 4.90 Å². The van der Waals surface area contributed by atoms with Crippen molar-refractivity contribution in [2.45, 2.75) is 166 Å². The fraction of sp³-hybridized carbons (Fsp3) is 0.865. The molecular weight excluding hydrogens is 618 g/mol. The number of hydrogen-bond donors (Lipinski definition) is 0. The molecule has 2 aliphatic heterocycles. The third-order valence-electron chi connectivity index (χ3n) is 8.64. The zero-order valence-electron chi connectivity index (χ0n) is 32.3. The van der Waals surface area contributed by atoms with Crippen molar-refractivity contribution in [2.75, 3.05) is 6.61 Å². The monoisotopic (exact) mass is 681 g/mol. The Morgan fingerprint density at radius 1 is 0.625 bits per heavy atom. The molecule has 0 radical (unpaired) electrons. The van der Waals surface area contributed by atoms with E-state index >= 15 is 0 Å². The lowest BCUT2D eigenvalue weighted by atomic mass is 9.82. The molecule has 276 valence electrons. The summed E-state index contributed by atoms with van der Waals surface area (Å²) in [5.41, 5.74) is -3.73. The van der Waals surface area contributed by atoms with Gasteiger partial charge in [-0.25, -0.2) is 0 Å². The molecule has 0 aromatic rings. The Labute approximate surface area is 288 Å². The molecular formula is C37H63NO10. The van der Waals surface area contributed by atoms with Gasteiger partial charge in [-0.05, 0) is 94.9 Å². The molecule has 0 N–H and O–H groups in total. The van der Waals surface area contributed by atoms with Crippen LogP contribution in [0.15, 0.2) is 0 Å². The van der Waals surface area contributed by atoms with Gasteiger partial charge >= 0.3 is 23.9 Å². The number of carbonyl (C=O) groups excluding carboxylic acids is 5. The normalized spacial score (nSPS) is 27.9. The van der Waals surface area contributed by atoms with Crippen LogP contribution >= 0.6 is 0 Å². The zero-order chi connectivity index (χ0) is 37.3. The van der Waals surface area contributed by atoms with Gasteiger partial charge < -0.3 is 23.7 Å². The highest BCUT2D eigenvalue weighted by molar-refractivity contribution is 5.81. The van der Waals surface area contributed by atoms with Crippen LogP contribution in [0.4, 0.5) is 0 Å². The van der Waals surface area contributed by atoms with Crippen molar-refractivity contribution in [1.29, 1.82) is 0 Å². The second-order valence-electron chi connectivity index (χ2n) is 18.3. The number of hydrogen-bond acceptors (Lipinski definition) is 11. The number of nitrogens with zero attached hydrogens (tertiary/aromatic N) is 1. The van der Waals surface area contributed by atoms with Crippen molar-refractivity contribution in [3.8, 4) is 0 Å². The molecule has 48 heavy (non-hydrogen) atoms. The molecule has 0 spiro atoms. The molecule has 0 saturated carbocycles. The Balaban J connectivity index is 2.92. The summed E-state index contributed by atoms with van der Waals surface area (Å²) in [4.78, 5) is 69.1. The van der Waals surface area contributed by atoms with E-state index < -0.39 is 76.2 Å². The molecule has 2 aliphatic rings. The number of piperidine rings is 1. The summed E-state index contributed by atoms with van der Waals surface area (Å²) >= 11 is 0. The number of ketones is 1. The van der Waals surface area contributed by atoms with Crippen LogP contribution < -0.4 is 0 Å². The molecule has 2 saturated heterocycles. The molecule has 2 heterocycles. The quantitative estimate of drug-likeness (QED) is 0.224. The smallest absolute Gasteiger partial charge is 0.311 e. The van der Waals surface area contributed by atoms with Crippen molar-refractivity contribution in [2.24, 2.45) is 33.5 Å². The maximum absolute atomic E-state index is 13.7. The third-order valence-corrected chi connectivity index (χ3v) is 8.64. The van der Waals surface area contributed by atoms with Crippen LogP contribution in [-0.4, -0.2) is 83.9 Å². The molecule has 11 heteroatoms. The van der Waals surface area contributed by atoms with Crippen molar-refractivity contribution in [1.82, 2.24) is 4.90 Å². The van der Waals surface area contributed by atoms with E-state index in [4.69, 9.17) is 23.7 Å². The highest BCUT2D eigenvalue weighted by atomic mass is 16.7. The van der Waals surface area contributed by atoms with Gasteiger partial charge in [0.05, 0.1) is 21.7 Å². The van der Waals surface area contributed by atoms with E-state index in [1.165, 1.54) is 0 Å². The third kappa shape index (κ3) is 10.5. The van der Waals surface area contributed by atoms with Gasteiger partial charge in [0.1, 0.15) is 18.5 Å². The van der Waals surface area contributed by atoms with Gasteiger partial charge in [-0.15, -0.1) is 0 Å². The van der Waals surface area contributed by atoms with Gasteiger partial charge in [-0.1, -0.05) is 27.7 Å². The predicted octanol–water partition coefficient (Wildman–Crippen LogP) is 5.89. The van der Waals surface area contributed by atoms with Crippen LogP contribution in [0, 0.1) is 33.5 Å². The average molecular weight is 682 g/mol. The number of likely N-dealkylation sites (tertiary alicyclic amines) is 1. The maximum Gasteiger partial charge on any atom is 0.311 e. The highest BCUT2D eigenvalue weighted by Gasteiger charge is 2.58. The Bertz CT molecular complexity index is 1160. The number of esters is 4. The summed E-state index contributed by atoms with van der Waals surface area (Å²) in [6, 6.07) is -0.630. The minimum atomic E-state index is -1.34. The summed E-state index contributed by atoms with van der Waals surface area (Å²) in [6.45, 7) is 28.2. The summed E-state index contributed by atoms with van der Waals surface area (Å²) in [5.74, 6) is -2.20. The first-order valence-corrected chi connectivity index (χ1v) is 17.3. The number of carbonyl (C=O) groups is 5. The van der Waals surface area contributed by atoms with E-state index in [-0.39, 0.29) is 49.2 Å². The lowest BCUT2D eigenvalue weighted by molar-refractivity contribution is -0.296. The molecule has 7 atom stereocenters. The Morgan fingerprint density at radius 3 is 1.33 bits per heavy atom. The number of Topliss-reactive ketones (excluding diaryl/α,β-unsaturated/α-hetero) is 1. The average Bonchev–Trinajstić information content (AvgIpc) is 2.91. The molecule has 2 fully saturated rings. The van der Waals surface area contributed by atoms with Crippen molar-refractivity contribution >= 4 is 29.7 Å². The molecule has 0 amide bonds. The second-order valence-corrected chi connectivity index (χ2v) is 18.3. The van der Waals surface area contributed by atoms with Gasteiger partial charge in [-0.3, -0.25) is 28.9 Å². The molecule has 0 unspecified atom stereocenters. The zero-order valence-corrected chi connectivity index (χ0v) is 32.3. The second kappa shape index (κ2) is 15.2. The summed E-state index contributed by atoms with van der Waals surface area (Å²) in [7, 11) is 0. The number of ether oxygens (including phenoxy) is 5. The minimum absolute atomic E-state index is 0.0118. The van der Waals surface area contributed by atoms with Crippen LogP contribution in [0.2, 0.25) is 0 Å². The molecule has 0 bridgehead atoms. The van der Waals surface area contributed by atoms with Gasteiger partial charge in [0.2, 0.25) is 0 Å². The van der Waals surface area contributed by atoms with E-state index in [1.807, 2.05) is 27.7 Å². The fourth-order valence-corrected chi connectivity index (χ4v) is 5.49. The largest absolute Gasteiger partial charge is 0.462 e. The Kier molecular flexibility index (Phi) is 13.1. The van der Waals surface area contributed by atoms with Crippen molar-refractivity contribution < 1.29 is 47.7 Å². The summed E-state index contributed by atoms with van der Waals surface area (Å²) < 4.78 is 31.2. The van der Waals surface area contributed by atoms with Crippen LogP contribution in [0.3, 0.4) is 0 Å². The first-order valence-electron chi connectivity index (χ1n) is 17.3. The highest BCUT2D eigenvalue weighted by Crippen LogP contribution is 2.40. The fourth-order valence-electron chi connectivity index (χ4n) is 5.49. The van der Waals surface area contributed by atoms with Gasteiger partial charge in [0.25, 0.3) is 0 Å².